The van der Waals surface area contributed by atoms with Crippen LogP contribution < -0.4 is 16.4 Å². The number of ketones is 1. The summed E-state index contributed by atoms with van der Waals surface area (Å²) in [6.45, 7) is 8.79. The molecule has 2 heterocycles. The van der Waals surface area contributed by atoms with E-state index >= 15 is 9.90 Å². The number of aliphatic hydroxyl groups excluding tert-OH is 6. The van der Waals surface area contributed by atoms with E-state index in [0.717, 1.165) is 44.3 Å². The molecule has 0 aromatic carbocycles. The molecule has 4 bridgehead atoms. The maximum absolute atomic E-state index is 15.6. The highest BCUT2D eigenvalue weighted by Gasteiger charge is 2.80. The molecule has 1 aliphatic heterocycles. The van der Waals surface area contributed by atoms with Crippen molar-refractivity contribution < 1.29 is 40.5 Å². The Morgan fingerprint density at radius 1 is 0.961 bits per heavy atom. The van der Waals surface area contributed by atoms with Gasteiger partial charge in [-0.15, -0.1) is 0 Å². The van der Waals surface area contributed by atoms with Gasteiger partial charge in [0.1, 0.15) is 6.23 Å². The fraction of sp³-hybridized carbons (Fsp3) is 0.820. The Morgan fingerprint density at radius 2 is 1.73 bits per heavy atom. The van der Waals surface area contributed by atoms with Gasteiger partial charge in [-0.05, 0) is 180 Å². The molecule has 14 nitrogen and oxygen atoms in total. The number of aromatic nitrogens is 2. The number of hydrogen-bond donors (Lipinski definition) is 10. The Morgan fingerprint density at radius 3 is 2.44 bits per heavy atom. The second-order valence-corrected chi connectivity index (χ2v) is 30.4. The van der Waals surface area contributed by atoms with Crippen LogP contribution in [-0.4, -0.2) is 132 Å². The minimum atomic E-state index is -1.74. The van der Waals surface area contributed by atoms with Crippen LogP contribution in [-0.2, 0) is 4.79 Å². The molecule has 77 heavy (non-hydrogen) atoms. The van der Waals surface area contributed by atoms with E-state index in [-0.39, 0.29) is 101 Å². The van der Waals surface area contributed by atoms with Crippen molar-refractivity contribution in [2.75, 3.05) is 39.1 Å². The van der Waals surface area contributed by atoms with Crippen LogP contribution in [0.25, 0.3) is 0 Å². The van der Waals surface area contributed by atoms with Crippen molar-refractivity contribution in [1.29, 1.82) is 0 Å². The summed E-state index contributed by atoms with van der Waals surface area (Å²) in [7, 11) is 5.43. The van der Waals surface area contributed by atoms with E-state index in [4.69, 9.17) is 10.7 Å². The highest BCUT2D eigenvalue weighted by Crippen LogP contribution is 2.79. The predicted molar refractivity (Wildman–Crippen MR) is 302 cm³/mol. The summed E-state index contributed by atoms with van der Waals surface area (Å²) < 4.78 is 2.29. The van der Waals surface area contributed by atoms with Crippen LogP contribution in [0.2, 0.25) is 0 Å². The smallest absolute Gasteiger partial charge is 0.190 e. The molecule has 426 valence electrons. The van der Waals surface area contributed by atoms with Gasteiger partial charge in [0, 0.05) is 84.1 Å². The number of nitrogens with zero attached hydrogens (tertiary/aromatic N) is 3. The summed E-state index contributed by atoms with van der Waals surface area (Å²) in [5.41, 5.74) is 9.61. The van der Waals surface area contributed by atoms with Gasteiger partial charge in [0.15, 0.2) is 11.7 Å². The quantitative estimate of drug-likeness (QED) is 0.0386. The first kappa shape index (κ1) is 55.3. The van der Waals surface area contributed by atoms with Crippen molar-refractivity contribution in [1.82, 2.24) is 20.2 Å². The summed E-state index contributed by atoms with van der Waals surface area (Å²) in [5.74, 6) is -2.42. The number of hydrogen-bond acceptors (Lipinski definition) is 13. The third kappa shape index (κ3) is 8.16. The molecule has 0 radical (unpaired) electrons. The number of carbonyl (C=O) groups is 1. The zero-order chi connectivity index (χ0) is 54.1. The zero-order valence-corrected chi connectivity index (χ0v) is 48.2. The Hall–Kier alpha value is -2.25. The summed E-state index contributed by atoms with van der Waals surface area (Å²) in [6, 6.07) is 0.0772. The molecule has 12 rings (SSSR count). The number of aliphatic imine (C=N–C) groups is 1. The number of carbonyl (C=O) groups excluding carboxylic acids is 1. The largest absolute Gasteiger partial charge is 0.396 e. The number of nitrogens with two attached hydrogens (primary N) is 1. The van der Waals surface area contributed by atoms with Crippen LogP contribution >= 0.6 is 21.6 Å². The van der Waals surface area contributed by atoms with Crippen LogP contribution in [0.1, 0.15) is 143 Å². The standard InChI is InChI=1S/C61H92N6O8S2/c1-32(70)66-56(62)65-28-38-40-16-15-35-34-11-8-12-36-47(34)49-53(37-13-9-19-59(50(36)37)17-6-7-18-59)57(2,3)25-33(67-21-20-64-31-67)29-76-77-46(14-10-22-68)41-23-42(48(35)55(49)74)60(40,30-69)61(41,75)43-24-44(71)52-39(27-63-5)54(73)45(72)26-58(52,4)51(38)43/h20-21,24,31-35,38-42,45-46,48-52,54-55,63,68-70,72-75H,6-19,22-23,25-30H2,1-5H3,(H3,62,65,66)/t32-,33-,34+,35+,38-,39+,40+,41-,42-,45+,46-,48+,49-,50+,51+,52+,54-,55+,58-,60-,61-/m1/s1. The molecule has 1 aromatic rings. The van der Waals surface area contributed by atoms with Crippen molar-refractivity contribution >= 4 is 33.3 Å². The SMILES string of the molecule is CNC[C@@H]1[C@@H](O)[C@@H](O)C[C@@]2(C)[C@@H]1C(=O)C=C1[C@@H]2[C@H](CN=C(N)N[C@@H](C)O)[C@@H]2CC[C@@H]3[C@@H]4[C@H](O)[C@@H]5C6=C(CCC[C@H]63)[C@H]3C(=C5C(C)(C)C[C@@H](n5ccnc5)CSS[C@H](CCCO)[C@H]5C[C@H]4[C@]2(CO)[C@]15O)CCCC31CCCC1. The molecule has 1 aromatic heterocycles. The van der Waals surface area contributed by atoms with Crippen molar-refractivity contribution in [2.24, 2.45) is 103 Å². The van der Waals surface area contributed by atoms with Gasteiger partial charge in [0.25, 0.3) is 0 Å². The van der Waals surface area contributed by atoms with E-state index in [1.54, 1.807) is 47.6 Å². The Kier molecular flexibility index (Phi) is 14.8. The zero-order valence-electron chi connectivity index (χ0n) is 46.5. The van der Waals surface area contributed by atoms with E-state index in [1.165, 1.54) is 44.1 Å². The maximum Gasteiger partial charge on any atom is 0.190 e. The molecule has 0 amide bonds. The Bertz CT molecular complexity index is 2530. The molecule has 10 aliphatic carbocycles. The molecule has 21 atom stereocenters. The molecular formula is C61H92N6O8S2. The van der Waals surface area contributed by atoms with Gasteiger partial charge in [-0.1, -0.05) is 77.5 Å². The first-order chi connectivity index (χ1) is 36.9. The summed E-state index contributed by atoms with van der Waals surface area (Å²) in [4.78, 5) is 25.2. The second kappa shape index (κ2) is 20.6. The van der Waals surface area contributed by atoms with Crippen molar-refractivity contribution in [3.63, 3.8) is 0 Å². The van der Waals surface area contributed by atoms with Crippen LogP contribution in [0, 0.1) is 92.7 Å². The van der Waals surface area contributed by atoms with E-state index in [2.05, 4.69) is 47.2 Å². The summed E-state index contributed by atoms with van der Waals surface area (Å²) in [6.07, 6.45) is 19.7. The van der Waals surface area contributed by atoms with Gasteiger partial charge in [-0.25, -0.2) is 4.98 Å². The second-order valence-electron chi connectivity index (χ2n) is 27.8. The first-order valence-corrected chi connectivity index (χ1v) is 32.7. The van der Waals surface area contributed by atoms with Gasteiger partial charge in [0.2, 0.25) is 0 Å². The fourth-order valence-corrected chi connectivity index (χ4v) is 25.3. The molecule has 7 saturated carbocycles. The molecule has 16 heteroatoms. The average Bonchev–Trinajstić information content (AvgIpc) is 4.24. The molecule has 1 saturated heterocycles. The van der Waals surface area contributed by atoms with Gasteiger partial charge in [-0.2, -0.15) is 0 Å². The summed E-state index contributed by atoms with van der Waals surface area (Å²) >= 11 is 0. The van der Waals surface area contributed by atoms with Crippen LogP contribution in [0.5, 0.6) is 0 Å². The Balaban J connectivity index is 1.12. The number of nitrogens with one attached hydrogen (secondary N) is 2. The molecule has 11 N–H and O–H groups in total. The van der Waals surface area contributed by atoms with Gasteiger partial charge in [0.05, 0.1) is 36.8 Å². The minimum absolute atomic E-state index is 0.0154. The van der Waals surface area contributed by atoms with E-state index in [9.17, 15) is 30.6 Å². The van der Waals surface area contributed by atoms with Crippen LogP contribution in [0.4, 0.5) is 0 Å². The lowest BCUT2D eigenvalue weighted by atomic mass is 9.38. The fourth-order valence-electron chi connectivity index (χ4n) is 22.0. The van der Waals surface area contributed by atoms with Crippen molar-refractivity contribution in [2.45, 2.75) is 178 Å². The first-order valence-electron chi connectivity index (χ1n) is 30.3. The number of fused-ring (bicyclic) bond motifs is 10. The number of guanidine groups is 1. The number of aliphatic hydroxyl groups is 7. The van der Waals surface area contributed by atoms with Crippen LogP contribution in [0.15, 0.2) is 57.7 Å². The topological polar surface area (TPSA) is 239 Å². The lowest BCUT2D eigenvalue weighted by Gasteiger charge is -2.67. The van der Waals surface area contributed by atoms with E-state index in [0.29, 0.717) is 43.7 Å². The average molecular weight is 1100 g/mol. The third-order valence-electron chi connectivity index (χ3n) is 24.0. The Labute approximate surface area is 465 Å². The summed E-state index contributed by atoms with van der Waals surface area (Å²) in [5, 5.41) is 93.9. The maximum atomic E-state index is 15.6. The molecule has 11 aliphatic rings. The highest BCUT2D eigenvalue weighted by molar-refractivity contribution is 8.76. The van der Waals surface area contributed by atoms with Crippen LogP contribution in [0.3, 0.4) is 0 Å². The van der Waals surface area contributed by atoms with Gasteiger partial charge < -0.3 is 56.7 Å². The third-order valence-corrected chi connectivity index (χ3v) is 27.0. The van der Waals surface area contributed by atoms with E-state index in [1.807, 2.05) is 23.3 Å². The number of allylic oxidation sites excluding steroid dienone is 3. The van der Waals surface area contributed by atoms with Crippen molar-refractivity contribution in [3.8, 4) is 0 Å². The highest BCUT2D eigenvalue weighted by atomic mass is 33.1. The monoisotopic (exact) mass is 1100 g/mol. The molecular weight excluding hydrogens is 1010 g/mol. The van der Waals surface area contributed by atoms with E-state index < -0.39 is 64.6 Å². The van der Waals surface area contributed by atoms with Gasteiger partial charge >= 0.3 is 0 Å². The predicted octanol–water partition coefficient (Wildman–Crippen LogP) is 6.70. The lowest BCUT2D eigenvalue weighted by molar-refractivity contribution is -0.217. The number of imidazole rings is 1. The number of rotatable bonds is 10. The molecule has 8 fully saturated rings. The van der Waals surface area contributed by atoms with Crippen molar-refractivity contribution in [3.05, 3.63) is 52.7 Å². The van der Waals surface area contributed by atoms with Gasteiger partial charge in [-0.3, -0.25) is 9.79 Å². The lowest BCUT2D eigenvalue weighted by Crippen LogP contribution is -2.71. The molecule has 0 unspecified atom stereocenters. The normalized spacial score (nSPS) is 46.2. The molecule has 1 spiro atoms. The minimum Gasteiger partial charge on any atom is -0.396 e.